The number of amides is 1. The number of carbonyl (C=O) groups excluding carboxylic acids is 1. The highest BCUT2D eigenvalue weighted by Crippen LogP contribution is 2.36. The zero-order valence-electron chi connectivity index (χ0n) is 10.9. The third-order valence-corrected chi connectivity index (χ3v) is 4.23. The maximum absolute atomic E-state index is 11.6. The van der Waals surface area contributed by atoms with Gasteiger partial charge in [0.05, 0.1) is 20.6 Å². The molecule has 112 valence electrons. The van der Waals surface area contributed by atoms with Gasteiger partial charge in [0.25, 0.3) is 0 Å². The fraction of sp³-hybridized carbons (Fsp3) is 0.364. The number of ether oxygens (including phenoxy) is 1. The number of anilines is 1. The number of sulfonamides is 1. The first-order valence-electron chi connectivity index (χ1n) is 5.57. The van der Waals surface area contributed by atoms with Crippen LogP contribution >= 0.6 is 23.2 Å². The van der Waals surface area contributed by atoms with Crippen LogP contribution in [0.2, 0.25) is 10.0 Å². The lowest BCUT2D eigenvalue weighted by atomic mass is 10.2. The third-order valence-electron chi connectivity index (χ3n) is 2.42. The van der Waals surface area contributed by atoms with Crippen LogP contribution in [0.3, 0.4) is 0 Å². The largest absolute Gasteiger partial charge is 0.372 e. The van der Waals surface area contributed by atoms with Crippen molar-refractivity contribution in [2.75, 3.05) is 18.5 Å². The van der Waals surface area contributed by atoms with Gasteiger partial charge < -0.3 is 10.1 Å². The number of hydrogen-bond donors (Lipinski definition) is 2. The first-order chi connectivity index (χ1) is 9.18. The van der Waals surface area contributed by atoms with Gasteiger partial charge in [-0.25, -0.2) is 13.6 Å². The Morgan fingerprint density at radius 3 is 2.55 bits per heavy atom. The molecule has 0 aliphatic rings. The van der Waals surface area contributed by atoms with Crippen LogP contribution in [-0.2, 0) is 19.6 Å². The number of halogens is 2. The molecule has 0 aliphatic heterocycles. The minimum atomic E-state index is -3.94. The van der Waals surface area contributed by atoms with Crippen LogP contribution < -0.4 is 10.5 Å². The van der Waals surface area contributed by atoms with Gasteiger partial charge in [0.1, 0.15) is 6.61 Å². The number of nitrogens with one attached hydrogen (secondary N) is 1. The molecule has 1 rings (SSSR count). The number of hydrogen-bond acceptors (Lipinski definition) is 4. The first-order valence-corrected chi connectivity index (χ1v) is 7.87. The van der Waals surface area contributed by atoms with E-state index in [1.54, 1.807) is 6.92 Å². The SMILES string of the molecule is CCOCC(=O)Nc1c(Cl)cc(S(N)(=O)=O)c(C)c1Cl. The molecule has 6 nitrogen and oxygen atoms in total. The summed E-state index contributed by atoms with van der Waals surface area (Å²) in [7, 11) is -3.94. The van der Waals surface area contributed by atoms with Gasteiger partial charge in [0, 0.05) is 6.61 Å². The third kappa shape index (κ3) is 4.07. The van der Waals surface area contributed by atoms with E-state index in [4.69, 9.17) is 33.1 Å². The van der Waals surface area contributed by atoms with E-state index in [1.165, 1.54) is 6.92 Å². The van der Waals surface area contributed by atoms with Gasteiger partial charge in [-0.05, 0) is 25.5 Å². The van der Waals surface area contributed by atoms with Gasteiger partial charge in [-0.2, -0.15) is 0 Å². The quantitative estimate of drug-likeness (QED) is 0.855. The van der Waals surface area contributed by atoms with Crippen LogP contribution in [0.15, 0.2) is 11.0 Å². The zero-order valence-corrected chi connectivity index (χ0v) is 13.2. The standard InChI is InChI=1S/C11H14Cl2N2O4S/c1-3-19-5-9(16)15-11-7(12)4-8(20(14,17)18)6(2)10(11)13/h4H,3,5H2,1-2H3,(H,15,16)(H2,14,17,18). The second-order valence-electron chi connectivity index (χ2n) is 3.90. The van der Waals surface area contributed by atoms with Gasteiger partial charge >= 0.3 is 0 Å². The van der Waals surface area contributed by atoms with E-state index in [0.29, 0.717) is 6.61 Å². The van der Waals surface area contributed by atoms with Crippen molar-refractivity contribution in [3.05, 3.63) is 21.7 Å². The summed E-state index contributed by atoms with van der Waals surface area (Å²) in [6.07, 6.45) is 0. The Morgan fingerprint density at radius 1 is 1.45 bits per heavy atom. The molecule has 1 amide bonds. The lowest BCUT2D eigenvalue weighted by molar-refractivity contribution is -0.120. The summed E-state index contributed by atoms with van der Waals surface area (Å²) >= 11 is 12.0. The molecule has 0 aliphatic carbocycles. The summed E-state index contributed by atoms with van der Waals surface area (Å²) in [4.78, 5) is 11.4. The van der Waals surface area contributed by atoms with Gasteiger partial charge in [-0.3, -0.25) is 4.79 Å². The van der Waals surface area contributed by atoms with Crippen LogP contribution in [0.4, 0.5) is 5.69 Å². The molecule has 0 unspecified atom stereocenters. The maximum atomic E-state index is 11.6. The van der Waals surface area contributed by atoms with Crippen LogP contribution in [0.25, 0.3) is 0 Å². The molecular formula is C11H14Cl2N2O4S. The van der Waals surface area contributed by atoms with E-state index in [9.17, 15) is 13.2 Å². The second-order valence-corrected chi connectivity index (χ2v) is 6.22. The molecule has 1 aromatic carbocycles. The summed E-state index contributed by atoms with van der Waals surface area (Å²) in [6.45, 7) is 3.45. The summed E-state index contributed by atoms with van der Waals surface area (Å²) < 4.78 is 27.7. The van der Waals surface area contributed by atoms with Gasteiger partial charge in [0.15, 0.2) is 0 Å². The summed E-state index contributed by atoms with van der Waals surface area (Å²) in [5, 5.41) is 7.53. The van der Waals surface area contributed by atoms with Crippen molar-refractivity contribution < 1.29 is 17.9 Å². The van der Waals surface area contributed by atoms with Crippen LogP contribution in [0.5, 0.6) is 0 Å². The molecule has 0 heterocycles. The number of primary sulfonamides is 1. The van der Waals surface area contributed by atoms with Crippen molar-refractivity contribution in [2.24, 2.45) is 5.14 Å². The molecule has 9 heteroatoms. The smallest absolute Gasteiger partial charge is 0.250 e. The molecule has 0 saturated heterocycles. The molecule has 0 saturated carbocycles. The van der Waals surface area contributed by atoms with E-state index in [0.717, 1.165) is 6.07 Å². The van der Waals surface area contributed by atoms with Crippen molar-refractivity contribution in [1.29, 1.82) is 0 Å². The van der Waals surface area contributed by atoms with Gasteiger partial charge in [-0.15, -0.1) is 0 Å². The predicted octanol–water partition coefficient (Wildman–Crippen LogP) is 1.92. The Bertz CT molecular complexity index is 632. The van der Waals surface area contributed by atoms with Crippen molar-refractivity contribution in [3.8, 4) is 0 Å². The van der Waals surface area contributed by atoms with Crippen molar-refractivity contribution >= 4 is 44.8 Å². The number of benzene rings is 1. The Kier molecular flexibility index (Phi) is 5.79. The predicted molar refractivity (Wildman–Crippen MR) is 77.7 cm³/mol. The highest BCUT2D eigenvalue weighted by molar-refractivity contribution is 7.89. The molecule has 0 aromatic heterocycles. The average molecular weight is 341 g/mol. The van der Waals surface area contributed by atoms with Gasteiger partial charge in [0.2, 0.25) is 15.9 Å². The van der Waals surface area contributed by atoms with Crippen LogP contribution in [-0.4, -0.2) is 27.5 Å². The van der Waals surface area contributed by atoms with E-state index >= 15 is 0 Å². The number of carbonyl (C=O) groups is 1. The van der Waals surface area contributed by atoms with Crippen molar-refractivity contribution in [1.82, 2.24) is 0 Å². The normalized spacial score (nSPS) is 11.4. The van der Waals surface area contributed by atoms with Crippen LogP contribution in [0.1, 0.15) is 12.5 Å². The fourth-order valence-corrected chi connectivity index (χ4v) is 2.96. The molecule has 3 N–H and O–H groups in total. The van der Waals surface area contributed by atoms with E-state index in [2.05, 4.69) is 5.32 Å². The minimum Gasteiger partial charge on any atom is -0.372 e. The second kappa shape index (κ2) is 6.73. The minimum absolute atomic E-state index is 0.0190. The summed E-state index contributed by atoms with van der Waals surface area (Å²) in [5.74, 6) is -0.446. The highest BCUT2D eigenvalue weighted by Gasteiger charge is 2.20. The average Bonchev–Trinajstić information content (AvgIpc) is 2.35. The highest BCUT2D eigenvalue weighted by atomic mass is 35.5. The Balaban J connectivity index is 3.18. The van der Waals surface area contributed by atoms with Crippen LogP contribution in [0, 0.1) is 6.92 Å². The Hall–Kier alpha value is -0.860. The molecule has 0 bridgehead atoms. The van der Waals surface area contributed by atoms with E-state index in [-0.39, 0.29) is 32.8 Å². The Morgan fingerprint density at radius 2 is 2.05 bits per heavy atom. The molecule has 0 fully saturated rings. The number of rotatable bonds is 5. The topological polar surface area (TPSA) is 98.5 Å². The Labute approximate surface area is 127 Å². The molecule has 0 spiro atoms. The molecule has 20 heavy (non-hydrogen) atoms. The molecular weight excluding hydrogens is 327 g/mol. The lowest BCUT2D eigenvalue weighted by Gasteiger charge is -2.14. The summed E-state index contributed by atoms with van der Waals surface area (Å²) in [5.41, 5.74) is 0.341. The summed E-state index contributed by atoms with van der Waals surface area (Å²) in [6, 6.07) is 1.15. The van der Waals surface area contributed by atoms with E-state index < -0.39 is 15.9 Å². The van der Waals surface area contributed by atoms with Crippen molar-refractivity contribution in [3.63, 3.8) is 0 Å². The maximum Gasteiger partial charge on any atom is 0.250 e. The fourth-order valence-electron chi connectivity index (χ4n) is 1.48. The molecule has 0 radical (unpaired) electrons. The number of nitrogens with two attached hydrogens (primary N) is 1. The van der Waals surface area contributed by atoms with Crippen molar-refractivity contribution in [2.45, 2.75) is 18.7 Å². The molecule has 0 atom stereocenters. The van der Waals surface area contributed by atoms with Gasteiger partial charge in [-0.1, -0.05) is 23.2 Å². The zero-order chi connectivity index (χ0) is 15.5. The first kappa shape index (κ1) is 17.2. The lowest BCUT2D eigenvalue weighted by Crippen LogP contribution is -2.20. The van der Waals surface area contributed by atoms with E-state index in [1.807, 2.05) is 0 Å². The molecule has 1 aromatic rings. The monoisotopic (exact) mass is 340 g/mol.